The van der Waals surface area contributed by atoms with Crippen LogP contribution in [0.25, 0.3) is 6.08 Å². The zero-order valence-corrected chi connectivity index (χ0v) is 14.3. The van der Waals surface area contributed by atoms with Crippen LogP contribution in [-0.2, 0) is 4.79 Å². The van der Waals surface area contributed by atoms with Gasteiger partial charge >= 0.3 is 12.6 Å². The standard InChI is InChI=1S/C19H18F2O5/c1-3-24-17-12-13(8-10-16(17)26-19(20)21)9-11-18(22)25-15-7-5-4-6-14(15)23-2/h4-12,19H,3H2,1-2H3/b11-9+. The predicted molar refractivity (Wildman–Crippen MR) is 91.9 cm³/mol. The molecule has 0 atom stereocenters. The van der Waals surface area contributed by atoms with Gasteiger partial charge in [0.1, 0.15) is 0 Å². The Hall–Kier alpha value is -3.09. The van der Waals surface area contributed by atoms with Crippen molar-refractivity contribution in [3.05, 3.63) is 54.1 Å². The molecule has 2 aromatic rings. The Balaban J connectivity index is 2.11. The van der Waals surface area contributed by atoms with Gasteiger partial charge in [-0.05, 0) is 42.8 Å². The van der Waals surface area contributed by atoms with Gasteiger partial charge in [-0.25, -0.2) is 4.79 Å². The highest BCUT2D eigenvalue weighted by atomic mass is 19.3. The second-order valence-corrected chi connectivity index (χ2v) is 4.92. The number of hydrogen-bond acceptors (Lipinski definition) is 5. The zero-order valence-electron chi connectivity index (χ0n) is 14.3. The third kappa shape index (κ3) is 5.47. The smallest absolute Gasteiger partial charge is 0.387 e. The van der Waals surface area contributed by atoms with Gasteiger partial charge in [0.2, 0.25) is 0 Å². The average Bonchev–Trinajstić information content (AvgIpc) is 2.62. The number of ether oxygens (including phenoxy) is 4. The maximum atomic E-state index is 12.4. The minimum absolute atomic E-state index is 0.0735. The lowest BCUT2D eigenvalue weighted by Gasteiger charge is -2.11. The Labute approximate surface area is 149 Å². The van der Waals surface area contributed by atoms with E-state index in [1.807, 2.05) is 0 Å². The maximum Gasteiger partial charge on any atom is 0.387 e. The first-order valence-corrected chi connectivity index (χ1v) is 7.78. The summed E-state index contributed by atoms with van der Waals surface area (Å²) in [5.41, 5.74) is 0.562. The second kappa shape index (κ2) is 9.41. The number of para-hydroxylation sites is 2. The quantitative estimate of drug-likeness (QED) is 0.397. The van der Waals surface area contributed by atoms with E-state index >= 15 is 0 Å². The molecular weight excluding hydrogens is 346 g/mol. The summed E-state index contributed by atoms with van der Waals surface area (Å²) in [6, 6.07) is 11.1. The van der Waals surface area contributed by atoms with E-state index in [0.717, 1.165) is 0 Å². The molecule has 0 aliphatic heterocycles. The molecule has 0 unspecified atom stereocenters. The fraction of sp³-hybridized carbons (Fsp3) is 0.211. The van der Waals surface area contributed by atoms with Gasteiger partial charge in [0.25, 0.3) is 0 Å². The molecule has 0 saturated carbocycles. The summed E-state index contributed by atoms with van der Waals surface area (Å²) in [6.07, 6.45) is 2.69. The summed E-state index contributed by atoms with van der Waals surface area (Å²) in [4.78, 5) is 12.0. The molecule has 0 aliphatic rings. The van der Waals surface area contributed by atoms with Gasteiger partial charge in [-0.2, -0.15) is 8.78 Å². The van der Waals surface area contributed by atoms with Crippen molar-refractivity contribution >= 4 is 12.0 Å². The Kier molecular flexibility index (Phi) is 6.96. The molecule has 138 valence electrons. The number of hydrogen-bond donors (Lipinski definition) is 0. The summed E-state index contributed by atoms with van der Waals surface area (Å²) < 4.78 is 44.8. The fourth-order valence-electron chi connectivity index (χ4n) is 2.10. The Morgan fingerprint density at radius 3 is 2.46 bits per heavy atom. The summed E-state index contributed by atoms with van der Waals surface area (Å²) in [7, 11) is 1.47. The van der Waals surface area contributed by atoms with Crippen molar-refractivity contribution in [2.75, 3.05) is 13.7 Å². The minimum atomic E-state index is -2.95. The van der Waals surface area contributed by atoms with Gasteiger partial charge < -0.3 is 18.9 Å². The predicted octanol–water partition coefficient (Wildman–Crippen LogP) is 4.31. The Morgan fingerprint density at radius 1 is 1.08 bits per heavy atom. The number of rotatable bonds is 8. The van der Waals surface area contributed by atoms with Crippen molar-refractivity contribution in [1.82, 2.24) is 0 Å². The molecule has 0 aliphatic carbocycles. The molecule has 0 N–H and O–H groups in total. The molecule has 7 heteroatoms. The third-order valence-corrected chi connectivity index (χ3v) is 3.18. The lowest BCUT2D eigenvalue weighted by molar-refractivity contribution is -0.129. The van der Waals surface area contributed by atoms with E-state index in [9.17, 15) is 13.6 Å². The van der Waals surface area contributed by atoms with Crippen LogP contribution in [-0.4, -0.2) is 26.3 Å². The van der Waals surface area contributed by atoms with Crippen LogP contribution in [0.3, 0.4) is 0 Å². The molecule has 0 aromatic heterocycles. The Morgan fingerprint density at radius 2 is 1.81 bits per heavy atom. The molecule has 0 fully saturated rings. The van der Waals surface area contributed by atoms with E-state index < -0.39 is 12.6 Å². The number of carbonyl (C=O) groups is 1. The molecule has 26 heavy (non-hydrogen) atoms. The number of carbonyl (C=O) groups excluding carboxylic acids is 1. The van der Waals surface area contributed by atoms with E-state index in [2.05, 4.69) is 4.74 Å². The number of benzene rings is 2. The second-order valence-electron chi connectivity index (χ2n) is 4.92. The van der Waals surface area contributed by atoms with Gasteiger partial charge in [0, 0.05) is 6.08 Å². The fourth-order valence-corrected chi connectivity index (χ4v) is 2.10. The molecule has 0 amide bonds. The highest BCUT2D eigenvalue weighted by Gasteiger charge is 2.11. The zero-order chi connectivity index (χ0) is 18.9. The molecule has 0 radical (unpaired) electrons. The van der Waals surface area contributed by atoms with Crippen LogP contribution in [0.1, 0.15) is 12.5 Å². The van der Waals surface area contributed by atoms with Crippen molar-refractivity contribution in [2.45, 2.75) is 13.5 Å². The van der Waals surface area contributed by atoms with Crippen LogP contribution in [0.15, 0.2) is 48.5 Å². The van der Waals surface area contributed by atoms with Crippen LogP contribution in [0, 0.1) is 0 Å². The van der Waals surface area contributed by atoms with Crippen LogP contribution in [0.5, 0.6) is 23.0 Å². The summed E-state index contributed by atoms with van der Waals surface area (Å²) >= 11 is 0. The third-order valence-electron chi connectivity index (χ3n) is 3.18. The molecule has 5 nitrogen and oxygen atoms in total. The van der Waals surface area contributed by atoms with Gasteiger partial charge in [-0.1, -0.05) is 18.2 Å². The van der Waals surface area contributed by atoms with Crippen LogP contribution in [0.4, 0.5) is 8.78 Å². The van der Waals surface area contributed by atoms with E-state index in [4.69, 9.17) is 14.2 Å². The molecular formula is C19H18F2O5. The van der Waals surface area contributed by atoms with Gasteiger partial charge in [-0.15, -0.1) is 0 Å². The number of methoxy groups -OCH3 is 1. The number of esters is 1. The Bertz CT molecular complexity index is 774. The molecule has 0 heterocycles. The van der Waals surface area contributed by atoms with Gasteiger partial charge in [0.15, 0.2) is 23.0 Å². The minimum Gasteiger partial charge on any atom is -0.493 e. The number of halogens is 2. The average molecular weight is 364 g/mol. The molecule has 0 bridgehead atoms. The van der Waals surface area contributed by atoms with E-state index in [0.29, 0.717) is 17.1 Å². The maximum absolute atomic E-state index is 12.4. The van der Waals surface area contributed by atoms with E-state index in [1.165, 1.54) is 37.5 Å². The first-order valence-electron chi connectivity index (χ1n) is 7.78. The summed E-state index contributed by atoms with van der Waals surface area (Å²) in [5, 5.41) is 0. The summed E-state index contributed by atoms with van der Waals surface area (Å²) in [5.74, 6) is 0.200. The first-order chi connectivity index (χ1) is 12.5. The van der Waals surface area contributed by atoms with Crippen LogP contribution >= 0.6 is 0 Å². The van der Waals surface area contributed by atoms with Crippen molar-refractivity contribution in [1.29, 1.82) is 0 Å². The topological polar surface area (TPSA) is 54.0 Å². The molecule has 2 rings (SSSR count). The van der Waals surface area contributed by atoms with Crippen molar-refractivity contribution in [3.8, 4) is 23.0 Å². The van der Waals surface area contributed by atoms with Gasteiger partial charge in [-0.3, -0.25) is 0 Å². The highest BCUT2D eigenvalue weighted by Crippen LogP contribution is 2.30. The molecule has 0 saturated heterocycles. The van der Waals surface area contributed by atoms with Crippen molar-refractivity contribution in [3.63, 3.8) is 0 Å². The SMILES string of the molecule is CCOc1cc(/C=C/C(=O)Oc2ccccc2OC)ccc1OC(F)F. The highest BCUT2D eigenvalue weighted by molar-refractivity contribution is 5.89. The van der Waals surface area contributed by atoms with Crippen molar-refractivity contribution < 1.29 is 32.5 Å². The lowest BCUT2D eigenvalue weighted by Crippen LogP contribution is -2.05. The normalized spacial score (nSPS) is 10.8. The number of alkyl halides is 2. The van der Waals surface area contributed by atoms with Crippen molar-refractivity contribution in [2.24, 2.45) is 0 Å². The summed E-state index contributed by atoms with van der Waals surface area (Å²) in [6.45, 7) is -0.951. The monoisotopic (exact) mass is 364 g/mol. The molecule has 0 spiro atoms. The van der Waals surface area contributed by atoms with Crippen LogP contribution in [0.2, 0.25) is 0 Å². The lowest BCUT2D eigenvalue weighted by atomic mass is 10.2. The van der Waals surface area contributed by atoms with Gasteiger partial charge in [0.05, 0.1) is 13.7 Å². The molecule has 2 aromatic carbocycles. The van der Waals surface area contributed by atoms with E-state index in [-0.39, 0.29) is 18.1 Å². The first kappa shape index (κ1) is 19.2. The van der Waals surface area contributed by atoms with E-state index in [1.54, 1.807) is 31.2 Å². The largest absolute Gasteiger partial charge is 0.493 e. The van der Waals surface area contributed by atoms with Crippen LogP contribution < -0.4 is 18.9 Å².